The number of hydrogen-bond acceptors (Lipinski definition) is 2. The van der Waals surface area contributed by atoms with Gasteiger partial charge in [0.05, 0.1) is 4.08 Å². The van der Waals surface area contributed by atoms with E-state index in [0.29, 0.717) is 5.25 Å². The van der Waals surface area contributed by atoms with E-state index >= 15 is 0 Å². The topological polar surface area (TPSA) is 17.1 Å². The monoisotopic (exact) mass is 268 g/mol. The standard InChI is InChI=1S/C14H20OS2/c1-12(2)16-14(9-6-10-17(14)15)11-13-7-4-3-5-8-13/h3-5,7-8,12H,6,9-11H2,1-2H3/t14-,17?/m1/s1. The zero-order valence-corrected chi connectivity index (χ0v) is 12.2. The summed E-state index contributed by atoms with van der Waals surface area (Å²) in [4.78, 5) is 0. The minimum atomic E-state index is -0.677. The first-order valence-corrected chi connectivity index (χ1v) is 8.42. The van der Waals surface area contributed by atoms with Crippen molar-refractivity contribution in [2.75, 3.05) is 5.75 Å². The molecule has 3 heteroatoms. The van der Waals surface area contributed by atoms with Crippen molar-refractivity contribution in [1.29, 1.82) is 0 Å². The highest BCUT2D eigenvalue weighted by Crippen LogP contribution is 2.44. The molecule has 1 saturated heterocycles. The van der Waals surface area contributed by atoms with Gasteiger partial charge in [-0.25, -0.2) is 0 Å². The first kappa shape index (κ1) is 13.2. The normalized spacial score (nSPS) is 28.8. The van der Waals surface area contributed by atoms with Gasteiger partial charge in [-0.05, 0) is 24.8 Å². The maximum absolute atomic E-state index is 12.3. The molecule has 0 saturated carbocycles. The lowest BCUT2D eigenvalue weighted by molar-refractivity contribution is 0.661. The van der Waals surface area contributed by atoms with Gasteiger partial charge >= 0.3 is 0 Å². The molecule has 0 aromatic heterocycles. The fourth-order valence-electron chi connectivity index (χ4n) is 2.43. The van der Waals surface area contributed by atoms with Gasteiger partial charge in [-0.3, -0.25) is 4.21 Å². The SMILES string of the molecule is CC(C)S[C@]1(Cc2ccccc2)CCCS1=O. The molecule has 1 aliphatic rings. The molecule has 0 radical (unpaired) electrons. The van der Waals surface area contributed by atoms with E-state index in [0.717, 1.165) is 25.0 Å². The molecule has 2 rings (SSSR count). The molecule has 1 aliphatic heterocycles. The second kappa shape index (κ2) is 5.57. The van der Waals surface area contributed by atoms with E-state index < -0.39 is 10.8 Å². The third-order valence-electron chi connectivity index (χ3n) is 3.07. The van der Waals surface area contributed by atoms with Crippen molar-refractivity contribution in [3.8, 4) is 0 Å². The zero-order chi connectivity index (χ0) is 12.3. The second-order valence-corrected chi connectivity index (χ2v) is 8.99. The van der Waals surface area contributed by atoms with Gasteiger partial charge in [-0.15, -0.1) is 11.8 Å². The molecule has 0 bridgehead atoms. The van der Waals surface area contributed by atoms with Crippen LogP contribution in [-0.2, 0) is 17.2 Å². The lowest BCUT2D eigenvalue weighted by Gasteiger charge is -2.29. The summed E-state index contributed by atoms with van der Waals surface area (Å²) in [6.45, 7) is 4.40. The molecule has 0 N–H and O–H groups in total. The molecule has 17 heavy (non-hydrogen) atoms. The van der Waals surface area contributed by atoms with Crippen LogP contribution >= 0.6 is 11.8 Å². The van der Waals surface area contributed by atoms with Crippen LogP contribution in [0, 0.1) is 0 Å². The first-order valence-electron chi connectivity index (χ1n) is 6.23. The van der Waals surface area contributed by atoms with Gasteiger partial charge in [0.1, 0.15) is 0 Å². The molecule has 1 aromatic carbocycles. The van der Waals surface area contributed by atoms with E-state index in [1.54, 1.807) is 0 Å². The Morgan fingerprint density at radius 3 is 2.59 bits per heavy atom. The third kappa shape index (κ3) is 3.14. The average Bonchev–Trinajstić information content (AvgIpc) is 2.61. The molecule has 1 unspecified atom stereocenters. The van der Waals surface area contributed by atoms with Crippen molar-refractivity contribution in [3.63, 3.8) is 0 Å². The Morgan fingerprint density at radius 2 is 2.06 bits per heavy atom. The van der Waals surface area contributed by atoms with Gasteiger partial charge in [0.2, 0.25) is 0 Å². The van der Waals surface area contributed by atoms with Crippen LogP contribution in [-0.4, -0.2) is 19.3 Å². The molecule has 1 fully saturated rings. The van der Waals surface area contributed by atoms with E-state index in [1.165, 1.54) is 5.56 Å². The highest BCUT2D eigenvalue weighted by molar-refractivity contribution is 8.13. The first-order chi connectivity index (χ1) is 8.12. The summed E-state index contributed by atoms with van der Waals surface area (Å²) < 4.78 is 12.3. The minimum absolute atomic E-state index is 0.0322. The highest BCUT2D eigenvalue weighted by atomic mass is 32.2. The van der Waals surface area contributed by atoms with Crippen molar-refractivity contribution in [2.24, 2.45) is 0 Å². The molecule has 0 spiro atoms. The van der Waals surface area contributed by atoms with E-state index in [2.05, 4.69) is 38.1 Å². The predicted octanol–water partition coefficient (Wildman–Crippen LogP) is 3.61. The van der Waals surface area contributed by atoms with Crippen molar-refractivity contribution in [3.05, 3.63) is 35.9 Å². The van der Waals surface area contributed by atoms with Crippen LogP contribution < -0.4 is 0 Å². The molecule has 0 aliphatic carbocycles. The lowest BCUT2D eigenvalue weighted by atomic mass is 10.1. The van der Waals surface area contributed by atoms with Crippen LogP contribution in [0.15, 0.2) is 30.3 Å². The smallest absolute Gasteiger partial charge is 0.0951 e. The summed E-state index contributed by atoms with van der Waals surface area (Å²) in [6.07, 6.45) is 3.15. The average molecular weight is 268 g/mol. The minimum Gasteiger partial charge on any atom is -0.258 e. The summed E-state index contributed by atoms with van der Waals surface area (Å²) in [5, 5.41) is 0.542. The Balaban J connectivity index is 2.19. The predicted molar refractivity (Wildman–Crippen MR) is 77.8 cm³/mol. The lowest BCUT2D eigenvalue weighted by Crippen LogP contribution is -2.30. The number of benzene rings is 1. The van der Waals surface area contributed by atoms with Crippen molar-refractivity contribution in [1.82, 2.24) is 0 Å². The van der Waals surface area contributed by atoms with Gasteiger partial charge < -0.3 is 0 Å². The van der Waals surface area contributed by atoms with Crippen molar-refractivity contribution < 1.29 is 4.21 Å². The Kier molecular flexibility index (Phi) is 4.31. The molecule has 0 amide bonds. The third-order valence-corrected chi connectivity index (χ3v) is 7.00. The number of hydrogen-bond donors (Lipinski definition) is 0. The zero-order valence-electron chi connectivity index (χ0n) is 10.5. The van der Waals surface area contributed by atoms with E-state index in [1.807, 2.05) is 17.8 Å². The van der Waals surface area contributed by atoms with Gasteiger partial charge in [-0.2, -0.15) is 0 Å². The molecule has 94 valence electrons. The van der Waals surface area contributed by atoms with Crippen LogP contribution in [0.4, 0.5) is 0 Å². The van der Waals surface area contributed by atoms with Crippen LogP contribution in [0.3, 0.4) is 0 Å². The summed E-state index contributed by atoms with van der Waals surface area (Å²) >= 11 is 1.91. The maximum atomic E-state index is 12.3. The Hall–Kier alpha value is -0.280. The van der Waals surface area contributed by atoms with Gasteiger partial charge in [0, 0.05) is 21.8 Å². The van der Waals surface area contributed by atoms with Gasteiger partial charge in [0.15, 0.2) is 0 Å². The Labute approximate surface area is 111 Å². The molecule has 2 atom stereocenters. The Morgan fingerprint density at radius 1 is 1.35 bits per heavy atom. The second-order valence-electron chi connectivity index (χ2n) is 4.89. The summed E-state index contributed by atoms with van der Waals surface area (Å²) in [6, 6.07) is 10.5. The fraction of sp³-hybridized carbons (Fsp3) is 0.571. The van der Waals surface area contributed by atoms with E-state index in [9.17, 15) is 4.21 Å². The summed E-state index contributed by atoms with van der Waals surface area (Å²) in [5.41, 5.74) is 1.32. The largest absolute Gasteiger partial charge is 0.258 e. The van der Waals surface area contributed by atoms with E-state index in [-0.39, 0.29) is 4.08 Å². The van der Waals surface area contributed by atoms with Gasteiger partial charge in [0.25, 0.3) is 0 Å². The van der Waals surface area contributed by atoms with Crippen LogP contribution in [0.2, 0.25) is 0 Å². The molecule has 1 aromatic rings. The van der Waals surface area contributed by atoms with Crippen molar-refractivity contribution >= 4 is 22.6 Å². The van der Waals surface area contributed by atoms with Crippen molar-refractivity contribution in [2.45, 2.75) is 42.4 Å². The number of rotatable bonds is 4. The van der Waals surface area contributed by atoms with Crippen LogP contribution in [0.5, 0.6) is 0 Å². The summed E-state index contributed by atoms with van der Waals surface area (Å²) in [7, 11) is -0.677. The molecule has 1 nitrogen and oxygen atoms in total. The number of thioether (sulfide) groups is 1. The quantitative estimate of drug-likeness (QED) is 0.830. The van der Waals surface area contributed by atoms with Crippen LogP contribution in [0.25, 0.3) is 0 Å². The highest BCUT2D eigenvalue weighted by Gasteiger charge is 2.42. The van der Waals surface area contributed by atoms with Gasteiger partial charge in [-0.1, -0.05) is 44.2 Å². The molecule has 1 heterocycles. The van der Waals surface area contributed by atoms with Crippen LogP contribution in [0.1, 0.15) is 32.3 Å². The molecular formula is C14H20OS2. The van der Waals surface area contributed by atoms with E-state index in [4.69, 9.17) is 0 Å². The fourth-order valence-corrected chi connectivity index (χ4v) is 6.54. The Bertz CT molecular complexity index is 388. The molecular weight excluding hydrogens is 248 g/mol. The maximum Gasteiger partial charge on any atom is 0.0951 e. The summed E-state index contributed by atoms with van der Waals surface area (Å²) in [5.74, 6) is 0.882.